The third-order valence-electron chi connectivity index (χ3n) is 5.57. The van der Waals surface area contributed by atoms with Crippen molar-refractivity contribution in [1.29, 1.82) is 0 Å². The molecule has 0 saturated heterocycles. The van der Waals surface area contributed by atoms with Gasteiger partial charge in [-0.1, -0.05) is 19.1 Å². The molecule has 1 atom stereocenters. The van der Waals surface area contributed by atoms with E-state index in [-0.39, 0.29) is 43.4 Å². The van der Waals surface area contributed by atoms with E-state index in [9.17, 15) is 26.8 Å². The van der Waals surface area contributed by atoms with Gasteiger partial charge in [0.05, 0.1) is 19.1 Å². The Labute approximate surface area is 211 Å². The van der Waals surface area contributed by atoms with Crippen LogP contribution in [0, 0.1) is 11.6 Å². The van der Waals surface area contributed by atoms with E-state index >= 15 is 0 Å². The number of sulfonamides is 1. The van der Waals surface area contributed by atoms with E-state index in [1.54, 1.807) is 32.0 Å². The standard InChI is InChI=1S/C25H33F2N3O5S/c1-5-23(25(32)28-6-2)29(17-18-9-7-10-20(15-18)35-3)24(31)11-8-14-30(36(4,33)34)19-12-13-21(26)22(27)16-19/h7,9-10,12-13,15-16,23H,5-6,8,11,14,17H2,1-4H3,(H,28,32). The molecule has 2 aromatic carbocycles. The van der Waals surface area contributed by atoms with Gasteiger partial charge in [-0.15, -0.1) is 0 Å². The number of nitrogens with zero attached hydrogens (tertiary/aromatic N) is 2. The van der Waals surface area contributed by atoms with Gasteiger partial charge in [-0.25, -0.2) is 17.2 Å². The summed E-state index contributed by atoms with van der Waals surface area (Å²) in [6.07, 6.45) is 1.38. The quantitative estimate of drug-likeness (QED) is 0.432. The minimum atomic E-state index is -3.82. The molecule has 11 heteroatoms. The molecule has 36 heavy (non-hydrogen) atoms. The lowest BCUT2D eigenvalue weighted by atomic mass is 10.1. The summed E-state index contributed by atoms with van der Waals surface area (Å²) in [5.41, 5.74) is 0.732. The molecule has 0 saturated carbocycles. The lowest BCUT2D eigenvalue weighted by molar-refractivity contribution is -0.141. The Kier molecular flexibility index (Phi) is 10.6. The maximum absolute atomic E-state index is 13.7. The molecule has 1 unspecified atom stereocenters. The number of rotatable bonds is 13. The number of carbonyl (C=O) groups excluding carboxylic acids is 2. The van der Waals surface area contributed by atoms with Crippen LogP contribution in [-0.2, 0) is 26.2 Å². The molecule has 2 rings (SSSR count). The highest BCUT2D eigenvalue weighted by Crippen LogP contribution is 2.22. The molecule has 2 aromatic rings. The van der Waals surface area contributed by atoms with E-state index < -0.39 is 27.7 Å². The molecule has 1 N–H and O–H groups in total. The molecule has 198 valence electrons. The average molecular weight is 526 g/mol. The number of ether oxygens (including phenoxy) is 1. The molecule has 0 aliphatic heterocycles. The monoisotopic (exact) mass is 525 g/mol. The summed E-state index contributed by atoms with van der Waals surface area (Å²) >= 11 is 0. The van der Waals surface area contributed by atoms with Gasteiger partial charge in [-0.05, 0) is 49.6 Å². The molecule has 0 aromatic heterocycles. The van der Waals surface area contributed by atoms with Gasteiger partial charge in [0.1, 0.15) is 11.8 Å². The average Bonchev–Trinajstić information content (AvgIpc) is 2.83. The van der Waals surface area contributed by atoms with Gasteiger partial charge in [0, 0.05) is 32.1 Å². The lowest BCUT2D eigenvalue weighted by Crippen LogP contribution is -2.49. The molecule has 0 aliphatic carbocycles. The van der Waals surface area contributed by atoms with Crippen LogP contribution >= 0.6 is 0 Å². The summed E-state index contributed by atoms with van der Waals surface area (Å²) in [7, 11) is -2.29. The van der Waals surface area contributed by atoms with Crippen LogP contribution in [0.5, 0.6) is 5.75 Å². The van der Waals surface area contributed by atoms with Gasteiger partial charge in [-0.2, -0.15) is 0 Å². The van der Waals surface area contributed by atoms with Crippen LogP contribution in [0.2, 0.25) is 0 Å². The highest BCUT2D eigenvalue weighted by molar-refractivity contribution is 7.92. The molecule has 8 nitrogen and oxygen atoms in total. The summed E-state index contributed by atoms with van der Waals surface area (Å²) in [5.74, 6) is -2.27. The largest absolute Gasteiger partial charge is 0.497 e. The SMILES string of the molecule is CCNC(=O)C(CC)N(Cc1cccc(OC)c1)C(=O)CCCN(c1ccc(F)c(F)c1)S(C)(=O)=O. The minimum absolute atomic E-state index is 0.0363. The number of likely N-dealkylation sites (N-methyl/N-ethyl adjacent to an activating group) is 1. The number of anilines is 1. The minimum Gasteiger partial charge on any atom is -0.497 e. The van der Waals surface area contributed by atoms with E-state index in [2.05, 4.69) is 5.32 Å². The van der Waals surface area contributed by atoms with Gasteiger partial charge >= 0.3 is 0 Å². The smallest absolute Gasteiger partial charge is 0.242 e. The Morgan fingerprint density at radius 1 is 1.08 bits per heavy atom. The van der Waals surface area contributed by atoms with Crippen LogP contribution in [0.3, 0.4) is 0 Å². The second-order valence-electron chi connectivity index (χ2n) is 8.23. The Hall–Kier alpha value is -3.21. The van der Waals surface area contributed by atoms with Crippen LogP contribution in [0.15, 0.2) is 42.5 Å². The Balaban J connectivity index is 2.23. The Morgan fingerprint density at radius 3 is 2.39 bits per heavy atom. The maximum atomic E-state index is 13.7. The first-order valence-electron chi connectivity index (χ1n) is 11.6. The fraction of sp³-hybridized carbons (Fsp3) is 0.440. The highest BCUT2D eigenvalue weighted by Gasteiger charge is 2.28. The van der Waals surface area contributed by atoms with Crippen molar-refractivity contribution in [3.05, 3.63) is 59.7 Å². The van der Waals surface area contributed by atoms with Crippen molar-refractivity contribution in [3.63, 3.8) is 0 Å². The van der Waals surface area contributed by atoms with Crippen molar-refractivity contribution in [3.8, 4) is 5.75 Å². The zero-order valence-electron chi connectivity index (χ0n) is 21.0. The molecule has 0 heterocycles. The molecule has 2 amide bonds. The van der Waals surface area contributed by atoms with Gasteiger partial charge < -0.3 is 15.0 Å². The van der Waals surface area contributed by atoms with Crippen molar-refractivity contribution in [2.75, 3.05) is 30.8 Å². The number of nitrogens with one attached hydrogen (secondary N) is 1. The predicted molar refractivity (Wildman–Crippen MR) is 134 cm³/mol. The van der Waals surface area contributed by atoms with Gasteiger partial charge in [0.2, 0.25) is 21.8 Å². The topological polar surface area (TPSA) is 96.0 Å². The van der Waals surface area contributed by atoms with Crippen molar-refractivity contribution in [2.45, 2.75) is 45.7 Å². The van der Waals surface area contributed by atoms with Crippen LogP contribution in [0.25, 0.3) is 0 Å². The number of carbonyl (C=O) groups is 2. The third-order valence-corrected chi connectivity index (χ3v) is 6.76. The van der Waals surface area contributed by atoms with Crippen LogP contribution in [-0.4, -0.2) is 57.6 Å². The predicted octanol–water partition coefficient (Wildman–Crippen LogP) is 3.46. The Bertz CT molecular complexity index is 1160. The number of amides is 2. The Morgan fingerprint density at radius 2 is 1.81 bits per heavy atom. The van der Waals surface area contributed by atoms with Crippen molar-refractivity contribution >= 4 is 27.5 Å². The molecule has 0 radical (unpaired) electrons. The van der Waals surface area contributed by atoms with E-state index in [0.717, 1.165) is 28.3 Å². The van der Waals surface area contributed by atoms with Crippen molar-refractivity contribution in [1.82, 2.24) is 10.2 Å². The van der Waals surface area contributed by atoms with Crippen LogP contribution < -0.4 is 14.4 Å². The fourth-order valence-corrected chi connectivity index (χ4v) is 4.78. The number of methoxy groups -OCH3 is 1. The van der Waals surface area contributed by atoms with Gasteiger partial charge in [0.15, 0.2) is 11.6 Å². The number of halogens is 2. The van der Waals surface area contributed by atoms with Gasteiger partial charge in [0.25, 0.3) is 0 Å². The zero-order valence-corrected chi connectivity index (χ0v) is 21.8. The first-order valence-corrected chi connectivity index (χ1v) is 13.5. The van der Waals surface area contributed by atoms with E-state index in [1.807, 2.05) is 6.07 Å². The van der Waals surface area contributed by atoms with E-state index in [4.69, 9.17) is 4.74 Å². The van der Waals surface area contributed by atoms with E-state index in [1.165, 1.54) is 18.1 Å². The first-order chi connectivity index (χ1) is 17.0. The molecule has 0 spiro atoms. The summed E-state index contributed by atoms with van der Waals surface area (Å²) in [4.78, 5) is 27.5. The maximum Gasteiger partial charge on any atom is 0.242 e. The number of hydrogen-bond acceptors (Lipinski definition) is 5. The lowest BCUT2D eigenvalue weighted by Gasteiger charge is -2.31. The molecular formula is C25H33F2N3O5S. The summed E-state index contributed by atoms with van der Waals surface area (Å²) < 4.78 is 57.8. The first kappa shape index (κ1) is 29.0. The second kappa shape index (κ2) is 13.2. The zero-order chi connectivity index (χ0) is 26.9. The fourth-order valence-electron chi connectivity index (χ4n) is 3.82. The molecule has 0 bridgehead atoms. The number of hydrogen-bond donors (Lipinski definition) is 1. The van der Waals surface area contributed by atoms with Gasteiger partial charge in [-0.3, -0.25) is 13.9 Å². The summed E-state index contributed by atoms with van der Waals surface area (Å²) in [5, 5.41) is 2.75. The van der Waals surface area contributed by atoms with Crippen LogP contribution in [0.4, 0.5) is 14.5 Å². The highest BCUT2D eigenvalue weighted by atomic mass is 32.2. The van der Waals surface area contributed by atoms with Crippen molar-refractivity contribution < 1.29 is 31.5 Å². The molecular weight excluding hydrogens is 492 g/mol. The number of benzene rings is 2. The summed E-state index contributed by atoms with van der Waals surface area (Å²) in [6, 6.07) is 9.25. The normalized spacial score (nSPS) is 12.1. The molecule has 0 fully saturated rings. The summed E-state index contributed by atoms with van der Waals surface area (Å²) in [6.45, 7) is 4.04. The van der Waals surface area contributed by atoms with E-state index in [0.29, 0.717) is 18.7 Å². The third kappa shape index (κ3) is 7.91. The van der Waals surface area contributed by atoms with Crippen molar-refractivity contribution in [2.24, 2.45) is 0 Å². The van der Waals surface area contributed by atoms with Crippen LogP contribution in [0.1, 0.15) is 38.7 Å². The second-order valence-corrected chi connectivity index (χ2v) is 10.1. The molecule has 0 aliphatic rings.